The maximum atomic E-state index is 3.67. The van der Waals surface area contributed by atoms with E-state index in [-0.39, 0.29) is 24.8 Å². The van der Waals surface area contributed by atoms with Gasteiger partial charge in [-0.3, -0.25) is 0 Å². The third-order valence-electron chi connectivity index (χ3n) is 6.81. The van der Waals surface area contributed by atoms with Crippen LogP contribution in [0.3, 0.4) is 0 Å². The number of halogens is 2. The van der Waals surface area contributed by atoms with Gasteiger partial charge in [-0.2, -0.15) is 0 Å². The van der Waals surface area contributed by atoms with Gasteiger partial charge in [0.05, 0.1) is 0 Å². The van der Waals surface area contributed by atoms with E-state index in [2.05, 4.69) is 123 Å². The Bertz CT molecular complexity index is 1380. The molecule has 4 aromatic carbocycles. The molecule has 0 saturated heterocycles. The quantitative estimate of drug-likeness (QED) is 0.185. The molecule has 0 aliphatic heterocycles. The van der Waals surface area contributed by atoms with Gasteiger partial charge in [-0.25, -0.2) is 0 Å². The van der Waals surface area contributed by atoms with Gasteiger partial charge < -0.3 is 0 Å². The molecule has 0 bridgehead atoms. The Morgan fingerprint density at radius 1 is 0.694 bits per heavy atom. The van der Waals surface area contributed by atoms with Crippen LogP contribution in [0.4, 0.5) is 0 Å². The first-order chi connectivity index (χ1) is 16.6. The summed E-state index contributed by atoms with van der Waals surface area (Å²) in [6, 6.07) is 38.0. The van der Waals surface area contributed by atoms with Gasteiger partial charge in [-0.05, 0) is 32.3 Å². The van der Waals surface area contributed by atoms with Crippen LogP contribution in [0.5, 0.6) is 0 Å². The standard InChI is InChI=1S/C20H17.C13H10.2ClH.Zr/c1-13-7-9-18(14(13)2)16-8-10-20-17(12-16)11-15-5-3-4-6-19(15)20;1-3-7-12(8-4-1)11-13-9-5-2-6-10-13;;;/h3-8,10H,9,11H2,1-2H3;1-10H;2*1H;/q-1;;;;. The van der Waals surface area contributed by atoms with Gasteiger partial charge in [0.1, 0.15) is 0 Å². The molecule has 0 fully saturated rings. The molecule has 0 spiro atoms. The van der Waals surface area contributed by atoms with Crippen molar-refractivity contribution < 1.29 is 24.2 Å². The van der Waals surface area contributed by atoms with Crippen molar-refractivity contribution in [3.63, 3.8) is 0 Å². The van der Waals surface area contributed by atoms with E-state index in [9.17, 15) is 0 Å². The molecule has 0 N–H and O–H groups in total. The fourth-order valence-corrected chi connectivity index (χ4v) is 5.54. The molecule has 2 aliphatic carbocycles. The Morgan fingerprint density at radius 2 is 1.28 bits per heavy atom. The van der Waals surface area contributed by atoms with Crippen LogP contribution in [-0.2, 0) is 30.7 Å². The van der Waals surface area contributed by atoms with Crippen molar-refractivity contribution in [1.29, 1.82) is 0 Å². The predicted molar refractivity (Wildman–Crippen MR) is 155 cm³/mol. The third-order valence-corrected chi connectivity index (χ3v) is 8.23. The van der Waals surface area contributed by atoms with Crippen LogP contribution in [0.2, 0.25) is 0 Å². The summed E-state index contributed by atoms with van der Waals surface area (Å²) in [5.41, 5.74) is 13.8. The summed E-state index contributed by atoms with van der Waals surface area (Å²) in [7, 11) is 0. The second-order valence-electron chi connectivity index (χ2n) is 8.90. The Labute approximate surface area is 242 Å². The predicted octanol–water partition coefficient (Wildman–Crippen LogP) is 8.83. The first kappa shape index (κ1) is 28.3. The molecule has 4 aromatic rings. The number of rotatable bonds is 3. The van der Waals surface area contributed by atoms with E-state index in [0.717, 1.165) is 12.8 Å². The molecule has 36 heavy (non-hydrogen) atoms. The minimum atomic E-state index is 0. The SMILES string of the molecule is CC1=CCC(c2[c-]c3c(cc2)-c2ccccc2C3)=C1C.Cl.Cl.[Zr]=[C](c1ccccc1)c1ccccc1. The van der Waals surface area contributed by atoms with Crippen molar-refractivity contribution in [3.8, 4) is 11.1 Å². The van der Waals surface area contributed by atoms with Gasteiger partial charge in [0.15, 0.2) is 0 Å². The first-order valence-corrected chi connectivity index (χ1v) is 13.0. The van der Waals surface area contributed by atoms with Crippen LogP contribution < -0.4 is 0 Å². The van der Waals surface area contributed by atoms with Crippen LogP contribution in [0.15, 0.2) is 114 Å². The number of fused-ring (bicyclic) bond motifs is 3. The van der Waals surface area contributed by atoms with Crippen molar-refractivity contribution in [1.82, 2.24) is 0 Å². The van der Waals surface area contributed by atoms with E-state index >= 15 is 0 Å². The summed E-state index contributed by atoms with van der Waals surface area (Å²) < 4.78 is 1.42. The Hall–Kier alpha value is -2.31. The maximum absolute atomic E-state index is 3.67. The number of allylic oxidation sites excluding steroid dienone is 4. The van der Waals surface area contributed by atoms with Gasteiger partial charge in [0.25, 0.3) is 0 Å². The zero-order valence-electron chi connectivity index (χ0n) is 20.5. The molecule has 180 valence electrons. The summed E-state index contributed by atoms with van der Waals surface area (Å²) >= 11 is 1.46. The number of benzene rings is 4. The van der Waals surface area contributed by atoms with E-state index < -0.39 is 0 Å². The molecule has 0 nitrogen and oxygen atoms in total. The first-order valence-electron chi connectivity index (χ1n) is 11.8. The van der Waals surface area contributed by atoms with Gasteiger partial charge in [0.2, 0.25) is 0 Å². The third kappa shape index (κ3) is 5.97. The van der Waals surface area contributed by atoms with Crippen LogP contribution in [0, 0.1) is 6.07 Å². The second kappa shape index (κ2) is 12.8. The summed E-state index contributed by atoms with van der Waals surface area (Å²) in [6.07, 6.45) is 4.40. The second-order valence-corrected chi connectivity index (χ2v) is 10.1. The molecule has 0 atom stereocenters. The topological polar surface area (TPSA) is 0 Å². The van der Waals surface area contributed by atoms with Crippen molar-refractivity contribution in [2.24, 2.45) is 0 Å². The monoisotopic (exact) mass is 585 g/mol. The van der Waals surface area contributed by atoms with Gasteiger partial charge in [0, 0.05) is 0 Å². The van der Waals surface area contributed by atoms with Crippen LogP contribution in [0.1, 0.15) is 48.1 Å². The van der Waals surface area contributed by atoms with E-state index in [1.807, 2.05) is 0 Å². The molecule has 0 unspecified atom stereocenters. The van der Waals surface area contributed by atoms with E-state index in [4.69, 9.17) is 0 Å². The molecule has 0 radical (unpaired) electrons. The summed E-state index contributed by atoms with van der Waals surface area (Å²) in [6.45, 7) is 4.43. The van der Waals surface area contributed by atoms with Gasteiger partial charge in [-0.1, -0.05) is 52.6 Å². The van der Waals surface area contributed by atoms with Crippen molar-refractivity contribution in [2.75, 3.05) is 0 Å². The average molecular weight is 588 g/mol. The molecule has 0 aromatic heterocycles. The van der Waals surface area contributed by atoms with E-state index in [1.165, 1.54) is 83.1 Å². The number of hydrogen-bond acceptors (Lipinski definition) is 0. The van der Waals surface area contributed by atoms with Gasteiger partial charge >= 0.3 is 99.2 Å². The molecule has 2 aliphatic rings. The summed E-state index contributed by atoms with van der Waals surface area (Å²) in [4.78, 5) is 0. The molecule has 0 saturated carbocycles. The molecular weight excluding hydrogens is 558 g/mol. The molecular formula is C33H29Cl2Zr-. The Morgan fingerprint density at radius 3 is 1.86 bits per heavy atom. The van der Waals surface area contributed by atoms with Crippen molar-refractivity contribution in [2.45, 2.75) is 26.7 Å². The van der Waals surface area contributed by atoms with Crippen molar-refractivity contribution >= 4 is 33.6 Å². The molecule has 0 amide bonds. The Balaban J connectivity index is 0.000000201. The Kier molecular flexibility index (Phi) is 10.0. The summed E-state index contributed by atoms with van der Waals surface area (Å²) in [5, 5.41) is 0. The van der Waals surface area contributed by atoms with E-state index in [1.54, 1.807) is 0 Å². The molecule has 6 rings (SSSR count). The minimum absolute atomic E-state index is 0. The van der Waals surface area contributed by atoms with Crippen LogP contribution >= 0.6 is 24.8 Å². The van der Waals surface area contributed by atoms with Crippen molar-refractivity contribution in [3.05, 3.63) is 148 Å². The van der Waals surface area contributed by atoms with E-state index in [0.29, 0.717) is 0 Å². The molecule has 0 heterocycles. The zero-order valence-corrected chi connectivity index (χ0v) is 24.6. The van der Waals surface area contributed by atoms with Crippen LogP contribution in [0.25, 0.3) is 16.7 Å². The fourth-order valence-electron chi connectivity index (χ4n) is 4.72. The number of hydrogen-bond donors (Lipinski definition) is 0. The summed E-state index contributed by atoms with van der Waals surface area (Å²) in [5.74, 6) is 0. The zero-order chi connectivity index (χ0) is 23.5. The normalized spacial score (nSPS) is 12.8. The van der Waals surface area contributed by atoms with Crippen LogP contribution in [-0.4, -0.2) is 3.21 Å². The average Bonchev–Trinajstić information content (AvgIpc) is 3.44. The van der Waals surface area contributed by atoms with Gasteiger partial charge in [-0.15, -0.1) is 59.7 Å². The fraction of sp³-hybridized carbons (Fsp3) is 0.121. The molecule has 3 heteroatoms.